The number of carbonyl (C=O) groups is 1. The fourth-order valence-corrected chi connectivity index (χ4v) is 1.70. The van der Waals surface area contributed by atoms with Crippen LogP contribution in [0.3, 0.4) is 0 Å². The standard InChI is InChI=1S/C15H22N2O/c1-3-5-7-12-15(18)17-16-14(4-2)13-10-8-6-9-11-13/h6,8-11H,3-5,7,12H2,1-2H3,(H,17,18)/b16-14-. The SMILES string of the molecule is CCCCCC(=O)N/N=C(/CC)c1ccccc1. The van der Waals surface area contributed by atoms with Crippen LogP contribution in [0.1, 0.15) is 51.5 Å². The van der Waals surface area contributed by atoms with Crippen LogP contribution in [0.15, 0.2) is 35.4 Å². The lowest BCUT2D eigenvalue weighted by molar-refractivity contribution is -0.121. The van der Waals surface area contributed by atoms with E-state index < -0.39 is 0 Å². The lowest BCUT2D eigenvalue weighted by Crippen LogP contribution is -2.19. The van der Waals surface area contributed by atoms with Gasteiger partial charge in [-0.2, -0.15) is 5.10 Å². The zero-order chi connectivity index (χ0) is 13.2. The number of unbranched alkanes of at least 4 members (excludes halogenated alkanes) is 2. The Bertz CT molecular complexity index is 385. The molecular weight excluding hydrogens is 224 g/mol. The zero-order valence-electron chi connectivity index (χ0n) is 11.3. The van der Waals surface area contributed by atoms with Crippen molar-refractivity contribution in [1.29, 1.82) is 0 Å². The van der Waals surface area contributed by atoms with E-state index in [0.717, 1.165) is 37.0 Å². The van der Waals surface area contributed by atoms with Gasteiger partial charge in [-0.15, -0.1) is 0 Å². The van der Waals surface area contributed by atoms with Gasteiger partial charge in [-0.05, 0) is 18.4 Å². The fourth-order valence-electron chi connectivity index (χ4n) is 1.70. The molecule has 1 N–H and O–H groups in total. The molecule has 0 saturated heterocycles. The van der Waals surface area contributed by atoms with E-state index in [1.807, 2.05) is 37.3 Å². The van der Waals surface area contributed by atoms with Gasteiger partial charge in [-0.25, -0.2) is 5.43 Å². The number of hydrogen-bond acceptors (Lipinski definition) is 2. The summed E-state index contributed by atoms with van der Waals surface area (Å²) in [5.41, 5.74) is 4.62. The molecule has 0 radical (unpaired) electrons. The summed E-state index contributed by atoms with van der Waals surface area (Å²) in [5.74, 6) is 0.00494. The maximum Gasteiger partial charge on any atom is 0.240 e. The molecule has 3 nitrogen and oxygen atoms in total. The number of hydrogen-bond donors (Lipinski definition) is 1. The van der Waals surface area contributed by atoms with E-state index in [9.17, 15) is 4.79 Å². The first-order valence-electron chi connectivity index (χ1n) is 6.68. The summed E-state index contributed by atoms with van der Waals surface area (Å²) in [7, 11) is 0. The van der Waals surface area contributed by atoms with Crippen LogP contribution in [0.25, 0.3) is 0 Å². The number of benzene rings is 1. The van der Waals surface area contributed by atoms with E-state index in [4.69, 9.17) is 0 Å². The second kappa shape index (κ2) is 8.45. The third-order valence-corrected chi connectivity index (χ3v) is 2.76. The van der Waals surface area contributed by atoms with E-state index >= 15 is 0 Å². The molecule has 0 heterocycles. The van der Waals surface area contributed by atoms with Gasteiger partial charge in [-0.3, -0.25) is 4.79 Å². The van der Waals surface area contributed by atoms with Gasteiger partial charge in [0.1, 0.15) is 0 Å². The van der Waals surface area contributed by atoms with Crippen molar-refractivity contribution in [3.05, 3.63) is 35.9 Å². The summed E-state index contributed by atoms with van der Waals surface area (Å²) in [6.07, 6.45) is 4.52. The summed E-state index contributed by atoms with van der Waals surface area (Å²) in [6, 6.07) is 9.93. The second-order valence-electron chi connectivity index (χ2n) is 4.27. The van der Waals surface area contributed by atoms with Crippen LogP contribution in [0.5, 0.6) is 0 Å². The molecule has 0 aliphatic heterocycles. The van der Waals surface area contributed by atoms with Crippen LogP contribution in [0.4, 0.5) is 0 Å². The van der Waals surface area contributed by atoms with E-state index in [1.165, 1.54) is 0 Å². The third-order valence-electron chi connectivity index (χ3n) is 2.76. The molecule has 1 rings (SSSR count). The molecule has 0 unspecified atom stereocenters. The first-order valence-corrected chi connectivity index (χ1v) is 6.68. The van der Waals surface area contributed by atoms with E-state index in [1.54, 1.807) is 0 Å². The smallest absolute Gasteiger partial charge is 0.240 e. The van der Waals surface area contributed by atoms with Crippen LogP contribution >= 0.6 is 0 Å². The molecule has 0 aliphatic rings. The Labute approximate surface area is 109 Å². The lowest BCUT2D eigenvalue weighted by Gasteiger charge is -2.05. The van der Waals surface area contributed by atoms with E-state index in [0.29, 0.717) is 6.42 Å². The maximum atomic E-state index is 11.6. The highest BCUT2D eigenvalue weighted by Gasteiger charge is 2.02. The van der Waals surface area contributed by atoms with Crippen molar-refractivity contribution in [1.82, 2.24) is 5.43 Å². The Balaban J connectivity index is 2.51. The molecule has 3 heteroatoms. The molecule has 0 aromatic heterocycles. The first-order chi connectivity index (χ1) is 8.77. The molecule has 98 valence electrons. The van der Waals surface area contributed by atoms with Crippen molar-refractivity contribution >= 4 is 11.6 Å². The van der Waals surface area contributed by atoms with Crippen molar-refractivity contribution in [2.75, 3.05) is 0 Å². The summed E-state index contributed by atoms with van der Waals surface area (Å²) >= 11 is 0. The molecule has 0 bridgehead atoms. The number of nitrogens with one attached hydrogen (secondary N) is 1. The number of rotatable bonds is 7. The minimum Gasteiger partial charge on any atom is -0.273 e. The Morgan fingerprint density at radius 1 is 1.17 bits per heavy atom. The van der Waals surface area contributed by atoms with Gasteiger partial charge < -0.3 is 0 Å². The van der Waals surface area contributed by atoms with Crippen molar-refractivity contribution in [2.45, 2.75) is 46.0 Å². The number of hydrazone groups is 1. The van der Waals surface area contributed by atoms with Crippen molar-refractivity contribution < 1.29 is 4.79 Å². The minimum atomic E-state index is 0.00494. The average molecular weight is 246 g/mol. The van der Waals surface area contributed by atoms with Crippen LogP contribution in [0.2, 0.25) is 0 Å². The van der Waals surface area contributed by atoms with Crippen LogP contribution in [-0.4, -0.2) is 11.6 Å². The van der Waals surface area contributed by atoms with Crippen molar-refractivity contribution in [3.8, 4) is 0 Å². The molecule has 0 saturated carbocycles. The molecule has 0 spiro atoms. The maximum absolute atomic E-state index is 11.6. The molecule has 18 heavy (non-hydrogen) atoms. The van der Waals surface area contributed by atoms with Crippen LogP contribution in [-0.2, 0) is 4.79 Å². The highest BCUT2D eigenvalue weighted by atomic mass is 16.2. The number of nitrogens with zero attached hydrogens (tertiary/aromatic N) is 1. The molecule has 1 amide bonds. The molecule has 0 atom stereocenters. The normalized spacial score (nSPS) is 11.3. The van der Waals surface area contributed by atoms with Crippen LogP contribution < -0.4 is 5.43 Å². The van der Waals surface area contributed by atoms with Crippen molar-refractivity contribution in [2.24, 2.45) is 5.10 Å². The molecular formula is C15H22N2O. The Morgan fingerprint density at radius 3 is 2.50 bits per heavy atom. The van der Waals surface area contributed by atoms with Crippen LogP contribution in [0, 0.1) is 0 Å². The lowest BCUT2D eigenvalue weighted by atomic mass is 10.1. The van der Waals surface area contributed by atoms with Gasteiger partial charge in [0.25, 0.3) is 0 Å². The Morgan fingerprint density at radius 2 is 1.89 bits per heavy atom. The van der Waals surface area contributed by atoms with Gasteiger partial charge in [-0.1, -0.05) is 57.0 Å². The fraction of sp³-hybridized carbons (Fsp3) is 0.467. The first kappa shape index (κ1) is 14.4. The summed E-state index contributed by atoms with van der Waals surface area (Å²) in [5, 5.41) is 4.21. The van der Waals surface area contributed by atoms with E-state index in [-0.39, 0.29) is 5.91 Å². The third kappa shape index (κ3) is 5.13. The molecule has 1 aromatic carbocycles. The largest absolute Gasteiger partial charge is 0.273 e. The van der Waals surface area contributed by atoms with Crippen molar-refractivity contribution in [3.63, 3.8) is 0 Å². The molecule has 0 fully saturated rings. The quantitative estimate of drug-likeness (QED) is 0.446. The molecule has 1 aromatic rings. The highest BCUT2D eigenvalue weighted by molar-refractivity contribution is 6.00. The Kier molecular flexibility index (Phi) is 6.77. The van der Waals surface area contributed by atoms with Gasteiger partial charge in [0.05, 0.1) is 5.71 Å². The zero-order valence-corrected chi connectivity index (χ0v) is 11.3. The monoisotopic (exact) mass is 246 g/mol. The second-order valence-corrected chi connectivity index (χ2v) is 4.27. The van der Waals surface area contributed by atoms with Gasteiger partial charge in [0.2, 0.25) is 5.91 Å². The summed E-state index contributed by atoms with van der Waals surface area (Å²) in [6.45, 7) is 4.16. The predicted molar refractivity (Wildman–Crippen MR) is 75.6 cm³/mol. The van der Waals surface area contributed by atoms with Gasteiger partial charge in [0, 0.05) is 6.42 Å². The topological polar surface area (TPSA) is 41.5 Å². The van der Waals surface area contributed by atoms with E-state index in [2.05, 4.69) is 17.5 Å². The predicted octanol–water partition coefficient (Wildman–Crippen LogP) is 3.50. The molecule has 0 aliphatic carbocycles. The number of amides is 1. The van der Waals surface area contributed by atoms with Gasteiger partial charge in [0.15, 0.2) is 0 Å². The summed E-state index contributed by atoms with van der Waals surface area (Å²) in [4.78, 5) is 11.6. The number of carbonyl (C=O) groups excluding carboxylic acids is 1. The minimum absolute atomic E-state index is 0.00494. The Hall–Kier alpha value is -1.64. The highest BCUT2D eigenvalue weighted by Crippen LogP contribution is 2.04. The van der Waals surface area contributed by atoms with Gasteiger partial charge >= 0.3 is 0 Å². The summed E-state index contributed by atoms with van der Waals surface area (Å²) < 4.78 is 0. The average Bonchev–Trinajstić information content (AvgIpc) is 2.41.